The molecule has 0 spiro atoms. The van der Waals surface area contributed by atoms with Crippen molar-refractivity contribution in [1.29, 1.82) is 0 Å². The van der Waals surface area contributed by atoms with Gasteiger partial charge in [-0.05, 0) is 37.5 Å². The normalized spacial score (nSPS) is 16.4. The minimum Gasteiger partial charge on any atom is -0.378 e. The molecule has 2 aromatic rings. The van der Waals surface area contributed by atoms with Gasteiger partial charge in [0.05, 0.1) is 12.2 Å². The molecule has 0 unspecified atom stereocenters. The van der Waals surface area contributed by atoms with E-state index < -0.39 is 0 Å². The van der Waals surface area contributed by atoms with E-state index in [1.165, 1.54) is 0 Å². The Morgan fingerprint density at radius 2 is 1.96 bits per heavy atom. The van der Waals surface area contributed by atoms with E-state index in [0.29, 0.717) is 36.6 Å². The Bertz CT molecular complexity index is 915. The number of rotatable bonds is 3. The zero-order valence-corrected chi connectivity index (χ0v) is 15.9. The van der Waals surface area contributed by atoms with Gasteiger partial charge in [0.2, 0.25) is 5.95 Å². The van der Waals surface area contributed by atoms with E-state index in [2.05, 4.69) is 9.88 Å². The van der Waals surface area contributed by atoms with Crippen LogP contribution in [-0.4, -0.2) is 54.5 Å². The van der Waals surface area contributed by atoms with Gasteiger partial charge in [-0.1, -0.05) is 6.07 Å². The summed E-state index contributed by atoms with van der Waals surface area (Å²) < 4.78 is 0. The standard InChI is InChI=1S/C20H25N5O2/c1-23(2)15-7-5-6-14(12-15)19(27)25-11-8-16-17(13-25)21-20(22-18(16)26)24-9-3-4-10-24/h5-7,12H,3-4,8-11,13H2,1-2H3,(H,21,22,26). The zero-order chi connectivity index (χ0) is 19.0. The van der Waals surface area contributed by atoms with Crippen LogP contribution in [0.4, 0.5) is 11.6 Å². The molecular weight excluding hydrogens is 342 g/mol. The highest BCUT2D eigenvalue weighted by Gasteiger charge is 2.26. The molecule has 1 fully saturated rings. The fourth-order valence-electron chi connectivity index (χ4n) is 3.78. The number of nitrogens with one attached hydrogen (secondary N) is 1. The van der Waals surface area contributed by atoms with Crippen LogP contribution in [0.25, 0.3) is 0 Å². The molecule has 1 saturated heterocycles. The summed E-state index contributed by atoms with van der Waals surface area (Å²) in [6.07, 6.45) is 2.78. The first-order chi connectivity index (χ1) is 13.0. The summed E-state index contributed by atoms with van der Waals surface area (Å²) in [5, 5.41) is 0. The molecule has 0 bridgehead atoms. The third kappa shape index (κ3) is 3.41. The van der Waals surface area contributed by atoms with Gasteiger partial charge in [-0.15, -0.1) is 0 Å². The first kappa shape index (κ1) is 17.6. The van der Waals surface area contributed by atoms with Crippen molar-refractivity contribution in [3.05, 3.63) is 51.4 Å². The Kier molecular flexibility index (Phi) is 4.59. The molecule has 27 heavy (non-hydrogen) atoms. The summed E-state index contributed by atoms with van der Waals surface area (Å²) in [6.45, 7) is 2.75. The number of hydrogen-bond acceptors (Lipinski definition) is 5. The molecule has 2 aliphatic heterocycles. The molecule has 0 aliphatic carbocycles. The predicted octanol–water partition coefficient (Wildman–Crippen LogP) is 1.63. The first-order valence-electron chi connectivity index (χ1n) is 9.46. The molecule has 142 valence electrons. The minimum absolute atomic E-state index is 0.0193. The van der Waals surface area contributed by atoms with Gasteiger partial charge in [-0.2, -0.15) is 0 Å². The highest BCUT2D eigenvalue weighted by molar-refractivity contribution is 5.95. The predicted molar refractivity (Wildman–Crippen MR) is 106 cm³/mol. The second kappa shape index (κ2) is 7.06. The monoisotopic (exact) mass is 367 g/mol. The molecule has 0 saturated carbocycles. The van der Waals surface area contributed by atoms with Crippen molar-refractivity contribution in [2.24, 2.45) is 0 Å². The SMILES string of the molecule is CN(C)c1cccc(C(=O)N2CCc3c(nc(N4CCCC4)[nH]c3=O)C2)c1. The molecule has 0 radical (unpaired) electrons. The van der Waals surface area contributed by atoms with Crippen LogP contribution in [0.1, 0.15) is 34.5 Å². The number of anilines is 2. The summed E-state index contributed by atoms with van der Waals surface area (Å²) in [5.41, 5.74) is 3.02. The van der Waals surface area contributed by atoms with Gasteiger partial charge >= 0.3 is 0 Å². The zero-order valence-electron chi connectivity index (χ0n) is 15.9. The van der Waals surface area contributed by atoms with Gasteiger partial charge in [0.1, 0.15) is 0 Å². The molecule has 2 aliphatic rings. The van der Waals surface area contributed by atoms with Crippen LogP contribution in [0.5, 0.6) is 0 Å². The Morgan fingerprint density at radius 1 is 1.19 bits per heavy atom. The number of aromatic amines is 1. The Balaban J connectivity index is 1.59. The second-order valence-electron chi connectivity index (χ2n) is 7.43. The van der Waals surface area contributed by atoms with Gasteiger partial charge in [-0.25, -0.2) is 4.98 Å². The maximum Gasteiger partial charge on any atom is 0.255 e. The number of aromatic nitrogens is 2. The molecule has 4 rings (SSSR count). The van der Waals surface area contributed by atoms with Crippen LogP contribution in [0, 0.1) is 0 Å². The van der Waals surface area contributed by atoms with Crippen LogP contribution in [-0.2, 0) is 13.0 Å². The third-order valence-corrected chi connectivity index (χ3v) is 5.36. The molecule has 0 atom stereocenters. The van der Waals surface area contributed by atoms with Gasteiger partial charge in [-0.3, -0.25) is 14.6 Å². The molecular formula is C20H25N5O2. The van der Waals surface area contributed by atoms with E-state index in [0.717, 1.165) is 37.3 Å². The summed E-state index contributed by atoms with van der Waals surface area (Å²) >= 11 is 0. The highest BCUT2D eigenvalue weighted by Crippen LogP contribution is 2.22. The van der Waals surface area contributed by atoms with Crippen molar-refractivity contribution in [1.82, 2.24) is 14.9 Å². The number of H-pyrrole nitrogens is 1. The van der Waals surface area contributed by atoms with E-state index >= 15 is 0 Å². The molecule has 1 N–H and O–H groups in total. The lowest BCUT2D eigenvalue weighted by Crippen LogP contribution is -2.40. The minimum atomic E-state index is -0.0661. The average molecular weight is 367 g/mol. The first-order valence-corrected chi connectivity index (χ1v) is 9.46. The third-order valence-electron chi connectivity index (χ3n) is 5.36. The van der Waals surface area contributed by atoms with Gasteiger partial charge < -0.3 is 14.7 Å². The molecule has 1 amide bonds. The number of hydrogen-bond donors (Lipinski definition) is 1. The maximum atomic E-state index is 13.0. The number of fused-ring (bicyclic) bond motifs is 1. The molecule has 7 heteroatoms. The van der Waals surface area contributed by atoms with Crippen LogP contribution >= 0.6 is 0 Å². The van der Waals surface area contributed by atoms with Crippen molar-refractivity contribution < 1.29 is 4.79 Å². The van der Waals surface area contributed by atoms with Gasteiger partial charge in [0.15, 0.2) is 0 Å². The van der Waals surface area contributed by atoms with E-state index in [4.69, 9.17) is 4.98 Å². The van der Waals surface area contributed by atoms with Crippen LogP contribution in [0.3, 0.4) is 0 Å². The fraction of sp³-hybridized carbons (Fsp3) is 0.450. The summed E-state index contributed by atoms with van der Waals surface area (Å²) in [7, 11) is 3.91. The van der Waals surface area contributed by atoms with Crippen LogP contribution in [0.15, 0.2) is 29.1 Å². The molecule has 3 heterocycles. The van der Waals surface area contributed by atoms with E-state index in [9.17, 15) is 9.59 Å². The van der Waals surface area contributed by atoms with Crippen molar-refractivity contribution in [3.63, 3.8) is 0 Å². The van der Waals surface area contributed by atoms with Crippen molar-refractivity contribution in [2.45, 2.75) is 25.8 Å². The lowest BCUT2D eigenvalue weighted by molar-refractivity contribution is 0.0731. The second-order valence-corrected chi connectivity index (χ2v) is 7.43. The number of benzene rings is 1. The fourth-order valence-corrected chi connectivity index (χ4v) is 3.78. The maximum absolute atomic E-state index is 13.0. The summed E-state index contributed by atoms with van der Waals surface area (Å²) in [5.74, 6) is 0.620. The number of carbonyl (C=O) groups is 1. The molecule has 7 nitrogen and oxygen atoms in total. The van der Waals surface area contributed by atoms with E-state index in [1.54, 1.807) is 4.90 Å². The largest absolute Gasteiger partial charge is 0.378 e. The Hall–Kier alpha value is -2.83. The van der Waals surface area contributed by atoms with Gasteiger partial charge in [0, 0.05) is 50.5 Å². The van der Waals surface area contributed by atoms with Crippen molar-refractivity contribution >= 4 is 17.5 Å². The summed E-state index contributed by atoms with van der Waals surface area (Å²) in [4.78, 5) is 39.0. The smallest absolute Gasteiger partial charge is 0.255 e. The number of nitrogens with zero attached hydrogens (tertiary/aromatic N) is 4. The van der Waals surface area contributed by atoms with E-state index in [-0.39, 0.29) is 11.5 Å². The quantitative estimate of drug-likeness (QED) is 0.893. The molecule has 1 aromatic heterocycles. The Morgan fingerprint density at radius 3 is 2.70 bits per heavy atom. The van der Waals surface area contributed by atoms with E-state index in [1.807, 2.05) is 43.3 Å². The number of amides is 1. The number of carbonyl (C=O) groups excluding carboxylic acids is 1. The van der Waals surface area contributed by atoms with Crippen LogP contribution in [0.2, 0.25) is 0 Å². The Labute approximate surface area is 158 Å². The highest BCUT2D eigenvalue weighted by atomic mass is 16.2. The van der Waals surface area contributed by atoms with Gasteiger partial charge in [0.25, 0.3) is 11.5 Å². The lowest BCUT2D eigenvalue weighted by Gasteiger charge is -2.29. The topological polar surface area (TPSA) is 72.5 Å². The van der Waals surface area contributed by atoms with Crippen LogP contribution < -0.4 is 15.4 Å². The average Bonchev–Trinajstić information content (AvgIpc) is 3.22. The summed E-state index contributed by atoms with van der Waals surface area (Å²) in [6, 6.07) is 7.62. The van der Waals surface area contributed by atoms with Crippen molar-refractivity contribution in [3.8, 4) is 0 Å². The lowest BCUT2D eigenvalue weighted by atomic mass is 10.0. The molecule has 1 aromatic carbocycles. The van der Waals surface area contributed by atoms with Crippen molar-refractivity contribution in [2.75, 3.05) is 43.5 Å².